The Morgan fingerprint density at radius 2 is 1.85 bits per heavy atom. The number of carbonyl (C=O) groups excluding carboxylic acids is 2. The highest BCUT2D eigenvalue weighted by atomic mass is 32.2. The molecule has 2 rings (SSSR count). The van der Waals surface area contributed by atoms with Crippen LogP contribution in [0, 0.1) is 0 Å². The molecule has 0 aliphatic carbocycles. The Bertz CT molecular complexity index is 845. The SMILES string of the molecule is CCNC(=O)C(C)NC(=O)c1ccc(S(=O)(=O)NCc2ccco2)cc1. The number of likely N-dealkylation sites (N-methyl/N-ethyl adjacent to an activating group) is 1. The molecule has 8 nitrogen and oxygen atoms in total. The van der Waals surface area contributed by atoms with Crippen LogP contribution in [0.1, 0.15) is 30.0 Å². The van der Waals surface area contributed by atoms with Crippen LogP contribution < -0.4 is 15.4 Å². The number of carbonyl (C=O) groups is 2. The highest BCUT2D eigenvalue weighted by Crippen LogP contribution is 2.12. The van der Waals surface area contributed by atoms with Gasteiger partial charge in [0, 0.05) is 12.1 Å². The number of amides is 2. The summed E-state index contributed by atoms with van der Waals surface area (Å²) in [6.07, 6.45) is 1.46. The first-order valence-corrected chi connectivity index (χ1v) is 9.52. The van der Waals surface area contributed by atoms with Gasteiger partial charge in [0.15, 0.2) is 0 Å². The topological polar surface area (TPSA) is 118 Å². The van der Waals surface area contributed by atoms with Crippen LogP contribution in [0.3, 0.4) is 0 Å². The lowest BCUT2D eigenvalue weighted by molar-refractivity contribution is -0.122. The van der Waals surface area contributed by atoms with Crippen LogP contribution in [-0.2, 0) is 21.4 Å². The molecule has 2 aromatic rings. The Morgan fingerprint density at radius 1 is 1.15 bits per heavy atom. The average molecular weight is 379 g/mol. The molecule has 9 heteroatoms. The van der Waals surface area contributed by atoms with E-state index >= 15 is 0 Å². The molecule has 26 heavy (non-hydrogen) atoms. The molecule has 0 fully saturated rings. The second kappa shape index (κ2) is 8.63. The summed E-state index contributed by atoms with van der Waals surface area (Å²) in [5.41, 5.74) is 0.256. The smallest absolute Gasteiger partial charge is 0.251 e. The van der Waals surface area contributed by atoms with E-state index in [0.717, 1.165) is 0 Å². The number of hydrogen-bond donors (Lipinski definition) is 3. The van der Waals surface area contributed by atoms with E-state index in [2.05, 4.69) is 15.4 Å². The molecule has 1 unspecified atom stereocenters. The highest BCUT2D eigenvalue weighted by molar-refractivity contribution is 7.89. The van der Waals surface area contributed by atoms with Gasteiger partial charge < -0.3 is 15.1 Å². The predicted molar refractivity (Wildman–Crippen MR) is 94.8 cm³/mol. The van der Waals surface area contributed by atoms with Crippen LogP contribution in [-0.4, -0.2) is 32.8 Å². The Morgan fingerprint density at radius 3 is 2.42 bits per heavy atom. The second-order valence-corrected chi connectivity index (χ2v) is 7.28. The van der Waals surface area contributed by atoms with Crippen LogP contribution in [0.4, 0.5) is 0 Å². The van der Waals surface area contributed by atoms with E-state index in [-0.39, 0.29) is 22.9 Å². The van der Waals surface area contributed by atoms with E-state index in [9.17, 15) is 18.0 Å². The maximum absolute atomic E-state index is 12.2. The van der Waals surface area contributed by atoms with Gasteiger partial charge in [-0.05, 0) is 50.2 Å². The van der Waals surface area contributed by atoms with Crippen molar-refractivity contribution in [2.24, 2.45) is 0 Å². The molecule has 0 radical (unpaired) electrons. The van der Waals surface area contributed by atoms with Crippen LogP contribution in [0.5, 0.6) is 0 Å². The van der Waals surface area contributed by atoms with Crippen LogP contribution in [0.2, 0.25) is 0 Å². The minimum Gasteiger partial charge on any atom is -0.468 e. The predicted octanol–water partition coefficient (Wildman–Crippen LogP) is 1.01. The van der Waals surface area contributed by atoms with Crippen LogP contribution in [0.25, 0.3) is 0 Å². The molecule has 1 atom stereocenters. The molecule has 0 bridgehead atoms. The molecule has 1 aromatic carbocycles. The molecule has 0 aliphatic heterocycles. The van der Waals surface area contributed by atoms with E-state index in [0.29, 0.717) is 12.3 Å². The van der Waals surface area contributed by atoms with Gasteiger partial charge >= 0.3 is 0 Å². The van der Waals surface area contributed by atoms with Crippen molar-refractivity contribution in [1.82, 2.24) is 15.4 Å². The van der Waals surface area contributed by atoms with Gasteiger partial charge in [-0.25, -0.2) is 13.1 Å². The van der Waals surface area contributed by atoms with Crippen molar-refractivity contribution in [3.8, 4) is 0 Å². The van der Waals surface area contributed by atoms with Crippen molar-refractivity contribution < 1.29 is 22.4 Å². The number of benzene rings is 1. The van der Waals surface area contributed by atoms with Gasteiger partial charge in [0.2, 0.25) is 15.9 Å². The number of nitrogens with one attached hydrogen (secondary N) is 3. The summed E-state index contributed by atoms with van der Waals surface area (Å²) in [5.74, 6) is -0.262. The molecular formula is C17H21N3O5S. The lowest BCUT2D eigenvalue weighted by Gasteiger charge is -2.13. The summed E-state index contributed by atoms with van der Waals surface area (Å²) >= 11 is 0. The van der Waals surface area contributed by atoms with Crippen molar-refractivity contribution in [2.45, 2.75) is 31.3 Å². The summed E-state index contributed by atoms with van der Waals surface area (Å²) in [4.78, 5) is 23.8. The monoisotopic (exact) mass is 379 g/mol. The molecule has 3 N–H and O–H groups in total. The molecule has 0 spiro atoms. The van der Waals surface area contributed by atoms with Crippen molar-refractivity contribution in [1.29, 1.82) is 0 Å². The Hall–Kier alpha value is -2.65. The summed E-state index contributed by atoms with van der Waals surface area (Å²) in [6, 6.07) is 8.07. The molecule has 1 heterocycles. The highest BCUT2D eigenvalue weighted by Gasteiger charge is 2.18. The van der Waals surface area contributed by atoms with Gasteiger partial charge in [0.1, 0.15) is 11.8 Å². The molecular weight excluding hydrogens is 358 g/mol. The standard InChI is InChI=1S/C17H21N3O5S/c1-3-18-16(21)12(2)20-17(22)13-6-8-15(9-7-13)26(23,24)19-11-14-5-4-10-25-14/h4-10,12,19H,3,11H2,1-2H3,(H,18,21)(H,20,22). The molecule has 1 aromatic heterocycles. The zero-order chi connectivity index (χ0) is 19.2. The first-order valence-electron chi connectivity index (χ1n) is 8.04. The summed E-state index contributed by atoms with van der Waals surface area (Å²) < 4.78 is 32.0. The van der Waals surface area contributed by atoms with Gasteiger partial charge in [0.25, 0.3) is 5.91 Å². The zero-order valence-corrected chi connectivity index (χ0v) is 15.3. The quantitative estimate of drug-likeness (QED) is 0.633. The molecule has 0 aliphatic rings. The normalized spacial score (nSPS) is 12.4. The third-order valence-electron chi connectivity index (χ3n) is 3.54. The van der Waals surface area contributed by atoms with E-state index in [1.165, 1.54) is 30.5 Å². The Kier molecular flexibility index (Phi) is 6.53. The lowest BCUT2D eigenvalue weighted by Crippen LogP contribution is -2.44. The fraction of sp³-hybridized carbons (Fsp3) is 0.294. The van der Waals surface area contributed by atoms with Crippen molar-refractivity contribution in [3.63, 3.8) is 0 Å². The number of rotatable bonds is 8. The van der Waals surface area contributed by atoms with Crippen LogP contribution >= 0.6 is 0 Å². The summed E-state index contributed by atoms with van der Waals surface area (Å²) in [5, 5.41) is 5.16. The average Bonchev–Trinajstić information content (AvgIpc) is 3.14. The molecule has 0 saturated heterocycles. The number of furan rings is 1. The number of hydrogen-bond acceptors (Lipinski definition) is 5. The van der Waals surface area contributed by atoms with E-state index in [1.54, 1.807) is 26.0 Å². The van der Waals surface area contributed by atoms with Gasteiger partial charge in [-0.2, -0.15) is 0 Å². The van der Waals surface area contributed by atoms with Crippen molar-refractivity contribution in [3.05, 3.63) is 54.0 Å². The molecule has 0 saturated carbocycles. The first kappa shape index (κ1) is 19.7. The minimum absolute atomic E-state index is 0.0254. The minimum atomic E-state index is -3.73. The van der Waals surface area contributed by atoms with Crippen molar-refractivity contribution in [2.75, 3.05) is 6.54 Å². The van der Waals surface area contributed by atoms with E-state index in [1.807, 2.05) is 0 Å². The van der Waals surface area contributed by atoms with E-state index < -0.39 is 22.0 Å². The van der Waals surface area contributed by atoms with Crippen molar-refractivity contribution >= 4 is 21.8 Å². The van der Waals surface area contributed by atoms with Gasteiger partial charge in [0.05, 0.1) is 17.7 Å². The second-order valence-electron chi connectivity index (χ2n) is 5.52. The molecule has 2 amide bonds. The maximum Gasteiger partial charge on any atom is 0.251 e. The first-order chi connectivity index (χ1) is 12.3. The third-order valence-corrected chi connectivity index (χ3v) is 4.95. The Labute approximate surface area is 152 Å². The fourth-order valence-corrected chi connectivity index (χ4v) is 3.11. The van der Waals surface area contributed by atoms with Crippen LogP contribution in [0.15, 0.2) is 52.0 Å². The Balaban J connectivity index is 2.00. The van der Waals surface area contributed by atoms with Gasteiger partial charge in [-0.3, -0.25) is 9.59 Å². The maximum atomic E-state index is 12.2. The van der Waals surface area contributed by atoms with E-state index in [4.69, 9.17) is 4.42 Å². The largest absolute Gasteiger partial charge is 0.468 e. The summed E-state index contributed by atoms with van der Waals surface area (Å²) in [6.45, 7) is 3.85. The fourth-order valence-electron chi connectivity index (χ4n) is 2.12. The van der Waals surface area contributed by atoms with Gasteiger partial charge in [-0.15, -0.1) is 0 Å². The third kappa shape index (κ3) is 5.17. The number of sulfonamides is 1. The lowest BCUT2D eigenvalue weighted by atomic mass is 10.2. The molecule has 140 valence electrons. The zero-order valence-electron chi connectivity index (χ0n) is 14.5. The summed E-state index contributed by atoms with van der Waals surface area (Å²) in [7, 11) is -3.73. The van der Waals surface area contributed by atoms with Gasteiger partial charge in [-0.1, -0.05) is 0 Å².